The van der Waals surface area contributed by atoms with Crippen molar-refractivity contribution in [3.8, 4) is 0 Å². The molecule has 0 radical (unpaired) electrons. The first kappa shape index (κ1) is 19.0. The lowest BCUT2D eigenvalue weighted by Crippen LogP contribution is -2.37. The summed E-state index contributed by atoms with van der Waals surface area (Å²) in [6, 6.07) is 15.3. The zero-order chi connectivity index (χ0) is 19.4. The molecule has 1 heterocycles. The van der Waals surface area contributed by atoms with E-state index in [4.69, 9.17) is 0 Å². The van der Waals surface area contributed by atoms with Gasteiger partial charge in [0.2, 0.25) is 0 Å². The third-order valence-corrected chi connectivity index (χ3v) is 5.06. The molecule has 0 N–H and O–H groups in total. The normalized spacial score (nSPS) is 14.6. The Labute approximate surface area is 161 Å². The number of aryl methyl sites for hydroxylation is 1. The average molecular weight is 365 g/mol. The second-order valence-corrected chi connectivity index (χ2v) is 7.20. The van der Waals surface area contributed by atoms with Crippen molar-refractivity contribution in [2.24, 2.45) is 0 Å². The van der Waals surface area contributed by atoms with Crippen LogP contribution in [0.3, 0.4) is 0 Å². The highest BCUT2D eigenvalue weighted by molar-refractivity contribution is 5.96. The van der Waals surface area contributed by atoms with E-state index < -0.39 is 0 Å². The summed E-state index contributed by atoms with van der Waals surface area (Å²) >= 11 is 0. The molecule has 1 aliphatic rings. The van der Waals surface area contributed by atoms with E-state index in [-0.39, 0.29) is 11.8 Å². The lowest BCUT2D eigenvalue weighted by molar-refractivity contribution is 0.0718. The molecule has 0 unspecified atom stereocenters. The van der Waals surface area contributed by atoms with Crippen molar-refractivity contribution >= 4 is 17.5 Å². The van der Waals surface area contributed by atoms with Crippen molar-refractivity contribution in [1.82, 2.24) is 9.80 Å². The lowest BCUT2D eigenvalue weighted by Gasteiger charge is -2.23. The number of hydrogen-bond acceptors (Lipinski definition) is 3. The van der Waals surface area contributed by atoms with Crippen molar-refractivity contribution in [2.75, 3.05) is 45.2 Å². The van der Waals surface area contributed by atoms with Crippen LogP contribution in [0.1, 0.15) is 32.7 Å². The van der Waals surface area contributed by atoms with Crippen LogP contribution in [0.25, 0.3) is 0 Å². The van der Waals surface area contributed by atoms with Gasteiger partial charge in [0, 0.05) is 57.1 Å². The predicted octanol–water partition coefficient (Wildman–Crippen LogP) is 3.05. The minimum atomic E-state index is 0.0314. The minimum Gasteiger partial charge on any atom is -0.378 e. The van der Waals surface area contributed by atoms with Gasteiger partial charge < -0.3 is 14.7 Å². The smallest absolute Gasteiger partial charge is 0.254 e. The summed E-state index contributed by atoms with van der Waals surface area (Å²) in [6.45, 7) is 4.42. The van der Waals surface area contributed by atoms with Gasteiger partial charge in [0.15, 0.2) is 0 Å². The van der Waals surface area contributed by atoms with Gasteiger partial charge in [-0.1, -0.05) is 24.3 Å². The van der Waals surface area contributed by atoms with Crippen molar-refractivity contribution < 1.29 is 9.59 Å². The van der Waals surface area contributed by atoms with Crippen molar-refractivity contribution in [3.63, 3.8) is 0 Å². The number of carbonyl (C=O) groups is 2. The lowest BCUT2D eigenvalue weighted by atomic mass is 10.1. The van der Waals surface area contributed by atoms with Crippen LogP contribution in [0, 0.1) is 6.92 Å². The zero-order valence-electron chi connectivity index (χ0n) is 16.3. The molecule has 0 saturated carbocycles. The van der Waals surface area contributed by atoms with Crippen molar-refractivity contribution in [2.45, 2.75) is 13.3 Å². The quantitative estimate of drug-likeness (QED) is 0.840. The molecular weight excluding hydrogens is 338 g/mol. The van der Waals surface area contributed by atoms with Gasteiger partial charge in [-0.15, -0.1) is 0 Å². The molecular formula is C22H27N3O2. The molecule has 0 bridgehead atoms. The van der Waals surface area contributed by atoms with E-state index in [0.717, 1.165) is 23.2 Å². The topological polar surface area (TPSA) is 43.9 Å². The largest absolute Gasteiger partial charge is 0.378 e. The number of nitrogens with zero attached hydrogens (tertiary/aromatic N) is 3. The van der Waals surface area contributed by atoms with Gasteiger partial charge in [-0.05, 0) is 43.2 Å². The molecule has 5 heteroatoms. The maximum absolute atomic E-state index is 12.9. The highest BCUT2D eigenvalue weighted by Crippen LogP contribution is 2.17. The molecule has 3 rings (SSSR count). The van der Waals surface area contributed by atoms with Gasteiger partial charge >= 0.3 is 0 Å². The number of carbonyl (C=O) groups excluding carboxylic acids is 2. The fourth-order valence-corrected chi connectivity index (χ4v) is 3.41. The summed E-state index contributed by atoms with van der Waals surface area (Å²) in [5, 5.41) is 0. The van der Waals surface area contributed by atoms with E-state index in [1.807, 2.05) is 84.2 Å². The zero-order valence-corrected chi connectivity index (χ0v) is 16.3. The molecule has 0 aliphatic carbocycles. The van der Waals surface area contributed by atoms with E-state index in [9.17, 15) is 9.59 Å². The van der Waals surface area contributed by atoms with E-state index in [1.165, 1.54) is 0 Å². The molecule has 2 amide bonds. The van der Waals surface area contributed by atoms with Crippen LogP contribution in [0.5, 0.6) is 0 Å². The number of anilines is 1. The fourth-order valence-electron chi connectivity index (χ4n) is 3.41. The molecule has 0 aromatic heterocycles. The summed E-state index contributed by atoms with van der Waals surface area (Å²) in [5.74, 6) is 0.0842. The predicted molar refractivity (Wildman–Crippen MR) is 108 cm³/mol. The summed E-state index contributed by atoms with van der Waals surface area (Å²) in [4.78, 5) is 31.5. The van der Waals surface area contributed by atoms with Crippen LogP contribution in [-0.4, -0.2) is 61.9 Å². The van der Waals surface area contributed by atoms with Gasteiger partial charge in [-0.2, -0.15) is 0 Å². The first-order chi connectivity index (χ1) is 13.0. The molecule has 2 aromatic carbocycles. The van der Waals surface area contributed by atoms with Crippen molar-refractivity contribution in [3.05, 3.63) is 65.2 Å². The maximum atomic E-state index is 12.9. The molecule has 0 spiro atoms. The minimum absolute atomic E-state index is 0.0314. The van der Waals surface area contributed by atoms with Gasteiger partial charge in [-0.3, -0.25) is 9.59 Å². The Morgan fingerprint density at radius 1 is 0.852 bits per heavy atom. The fraction of sp³-hybridized carbons (Fsp3) is 0.364. The molecule has 0 atom stereocenters. The number of benzene rings is 2. The van der Waals surface area contributed by atoms with Crippen molar-refractivity contribution in [1.29, 1.82) is 0 Å². The monoisotopic (exact) mass is 365 g/mol. The second kappa shape index (κ2) is 8.25. The van der Waals surface area contributed by atoms with Crippen LogP contribution < -0.4 is 4.90 Å². The first-order valence-corrected chi connectivity index (χ1v) is 9.39. The molecule has 27 heavy (non-hydrogen) atoms. The van der Waals surface area contributed by atoms with Crippen LogP contribution in [0.4, 0.5) is 5.69 Å². The summed E-state index contributed by atoms with van der Waals surface area (Å²) < 4.78 is 0. The maximum Gasteiger partial charge on any atom is 0.254 e. The number of rotatable bonds is 3. The number of hydrogen-bond donors (Lipinski definition) is 0. The van der Waals surface area contributed by atoms with E-state index >= 15 is 0 Å². The van der Waals surface area contributed by atoms with E-state index in [1.54, 1.807) is 0 Å². The second-order valence-electron chi connectivity index (χ2n) is 7.20. The van der Waals surface area contributed by atoms with Gasteiger partial charge in [-0.25, -0.2) is 0 Å². The van der Waals surface area contributed by atoms with Crippen LogP contribution >= 0.6 is 0 Å². The Bertz CT molecular complexity index is 832. The van der Waals surface area contributed by atoms with Crippen LogP contribution in [0.15, 0.2) is 48.5 Å². The first-order valence-electron chi connectivity index (χ1n) is 9.39. The standard InChI is InChI=1S/C22H27N3O2/c1-17-8-4-5-11-20(17)22(27)25-13-7-12-24(14-15-25)21(26)18-9-6-10-19(16-18)23(2)3/h4-6,8-11,16H,7,12-15H2,1-3H3. The summed E-state index contributed by atoms with van der Waals surface area (Å²) in [7, 11) is 3.93. The van der Waals surface area contributed by atoms with Gasteiger partial charge in [0.1, 0.15) is 0 Å². The average Bonchev–Trinajstić information content (AvgIpc) is 2.93. The Kier molecular flexibility index (Phi) is 5.79. The Morgan fingerprint density at radius 2 is 1.52 bits per heavy atom. The van der Waals surface area contributed by atoms with E-state index in [2.05, 4.69) is 0 Å². The van der Waals surface area contributed by atoms with Gasteiger partial charge in [0.25, 0.3) is 11.8 Å². The Morgan fingerprint density at radius 3 is 2.19 bits per heavy atom. The molecule has 5 nitrogen and oxygen atoms in total. The van der Waals surface area contributed by atoms with Crippen LogP contribution in [0.2, 0.25) is 0 Å². The Hall–Kier alpha value is -2.82. The van der Waals surface area contributed by atoms with Gasteiger partial charge in [0.05, 0.1) is 0 Å². The molecule has 142 valence electrons. The molecule has 1 aliphatic heterocycles. The summed E-state index contributed by atoms with van der Waals surface area (Å²) in [6.07, 6.45) is 0.788. The third-order valence-electron chi connectivity index (χ3n) is 5.06. The SMILES string of the molecule is Cc1ccccc1C(=O)N1CCCN(C(=O)c2cccc(N(C)C)c2)CC1. The summed E-state index contributed by atoms with van der Waals surface area (Å²) in [5.41, 5.74) is 3.43. The van der Waals surface area contributed by atoms with Crippen LogP contribution in [-0.2, 0) is 0 Å². The third kappa shape index (κ3) is 4.30. The molecule has 1 saturated heterocycles. The van der Waals surface area contributed by atoms with E-state index in [0.29, 0.717) is 31.7 Å². The highest BCUT2D eigenvalue weighted by Gasteiger charge is 2.24. The molecule has 1 fully saturated rings. The number of amides is 2. The molecule has 2 aromatic rings. The Balaban J connectivity index is 1.69. The highest BCUT2D eigenvalue weighted by atomic mass is 16.2.